The predicted octanol–water partition coefficient (Wildman–Crippen LogP) is 2.95. The Bertz CT molecular complexity index is 335. The molecule has 1 aromatic carbocycles. The summed E-state index contributed by atoms with van der Waals surface area (Å²) < 4.78 is 0. The summed E-state index contributed by atoms with van der Waals surface area (Å²) in [4.78, 5) is 5.81. The summed E-state index contributed by atoms with van der Waals surface area (Å²) in [5, 5.41) is 3.42. The Morgan fingerprint density at radius 2 is 2.06 bits per heavy atom. The predicted molar refractivity (Wildman–Crippen MR) is 71.3 cm³/mol. The van der Waals surface area contributed by atoms with E-state index in [4.69, 9.17) is 0 Å². The molecular formula is C13H18N2S. The lowest BCUT2D eigenvalue weighted by molar-refractivity contribution is 0.712. The van der Waals surface area contributed by atoms with Gasteiger partial charge >= 0.3 is 0 Å². The second-order valence-electron chi connectivity index (χ2n) is 3.87. The van der Waals surface area contributed by atoms with Crippen molar-refractivity contribution in [2.45, 2.75) is 24.2 Å². The molecule has 1 heterocycles. The van der Waals surface area contributed by atoms with E-state index in [0.717, 1.165) is 25.3 Å². The number of hydrogen-bond donors (Lipinski definition) is 1. The van der Waals surface area contributed by atoms with Crippen molar-refractivity contribution in [3.8, 4) is 0 Å². The van der Waals surface area contributed by atoms with Crippen molar-refractivity contribution in [3.05, 3.63) is 30.3 Å². The SMILES string of the molecule is c1ccc(SCCNC2=NCCCC2)cc1. The average molecular weight is 234 g/mol. The Morgan fingerprint density at radius 3 is 2.81 bits per heavy atom. The van der Waals surface area contributed by atoms with Crippen LogP contribution in [0.3, 0.4) is 0 Å². The first-order valence-corrected chi connectivity index (χ1v) is 6.89. The van der Waals surface area contributed by atoms with Crippen molar-refractivity contribution in [1.29, 1.82) is 0 Å². The smallest absolute Gasteiger partial charge is 0.0963 e. The second kappa shape index (κ2) is 6.59. The Kier molecular flexibility index (Phi) is 4.74. The van der Waals surface area contributed by atoms with Crippen molar-refractivity contribution in [2.75, 3.05) is 18.8 Å². The normalized spacial score (nSPS) is 15.6. The highest BCUT2D eigenvalue weighted by molar-refractivity contribution is 7.99. The van der Waals surface area contributed by atoms with Crippen LogP contribution in [0.2, 0.25) is 0 Å². The number of nitrogens with one attached hydrogen (secondary N) is 1. The van der Waals surface area contributed by atoms with Crippen LogP contribution in [0.5, 0.6) is 0 Å². The minimum Gasteiger partial charge on any atom is -0.373 e. The highest BCUT2D eigenvalue weighted by Gasteiger charge is 2.03. The fraction of sp³-hybridized carbons (Fsp3) is 0.462. The first kappa shape index (κ1) is 11.5. The van der Waals surface area contributed by atoms with Crippen LogP contribution in [0.15, 0.2) is 40.2 Å². The van der Waals surface area contributed by atoms with E-state index in [9.17, 15) is 0 Å². The number of rotatable bonds is 4. The molecule has 2 nitrogen and oxygen atoms in total. The summed E-state index contributed by atoms with van der Waals surface area (Å²) >= 11 is 1.89. The number of benzene rings is 1. The van der Waals surface area contributed by atoms with Gasteiger partial charge in [-0.25, -0.2) is 0 Å². The highest BCUT2D eigenvalue weighted by atomic mass is 32.2. The molecule has 0 saturated carbocycles. The molecule has 0 fully saturated rings. The first-order valence-electron chi connectivity index (χ1n) is 5.90. The molecule has 0 radical (unpaired) electrons. The monoisotopic (exact) mass is 234 g/mol. The number of nitrogens with zero attached hydrogens (tertiary/aromatic N) is 1. The van der Waals surface area contributed by atoms with Gasteiger partial charge in [0.1, 0.15) is 0 Å². The molecule has 0 aromatic heterocycles. The maximum absolute atomic E-state index is 4.47. The van der Waals surface area contributed by atoms with Crippen molar-refractivity contribution in [1.82, 2.24) is 5.32 Å². The lowest BCUT2D eigenvalue weighted by Crippen LogP contribution is -2.27. The summed E-state index contributed by atoms with van der Waals surface area (Å²) in [5.74, 6) is 2.31. The number of thioether (sulfide) groups is 1. The van der Waals surface area contributed by atoms with Gasteiger partial charge in [0.05, 0.1) is 5.84 Å². The molecule has 3 heteroatoms. The molecule has 0 spiro atoms. The van der Waals surface area contributed by atoms with E-state index >= 15 is 0 Å². The van der Waals surface area contributed by atoms with Crippen LogP contribution in [-0.2, 0) is 0 Å². The molecule has 0 unspecified atom stereocenters. The molecule has 0 amide bonds. The van der Waals surface area contributed by atoms with Gasteiger partial charge in [0.25, 0.3) is 0 Å². The summed E-state index contributed by atoms with van der Waals surface area (Å²) in [6, 6.07) is 10.5. The summed E-state index contributed by atoms with van der Waals surface area (Å²) in [6.45, 7) is 2.02. The number of hydrogen-bond acceptors (Lipinski definition) is 3. The third-order valence-corrected chi connectivity index (χ3v) is 3.58. The molecule has 86 valence electrons. The van der Waals surface area contributed by atoms with Crippen molar-refractivity contribution >= 4 is 17.6 Å². The minimum atomic E-state index is 1.01. The Labute approximate surface area is 102 Å². The maximum atomic E-state index is 4.47. The molecule has 0 atom stereocenters. The lowest BCUT2D eigenvalue weighted by Gasteiger charge is -2.13. The molecule has 16 heavy (non-hydrogen) atoms. The molecule has 2 rings (SSSR count). The Morgan fingerprint density at radius 1 is 1.19 bits per heavy atom. The minimum absolute atomic E-state index is 1.01. The molecule has 1 aromatic rings. The van der Waals surface area contributed by atoms with Gasteiger partial charge in [-0.15, -0.1) is 11.8 Å². The van der Waals surface area contributed by atoms with Crippen molar-refractivity contribution < 1.29 is 0 Å². The zero-order chi connectivity index (χ0) is 11.1. The van der Waals surface area contributed by atoms with E-state index < -0.39 is 0 Å². The molecule has 0 saturated heterocycles. The number of amidine groups is 1. The summed E-state index contributed by atoms with van der Waals surface area (Å²) in [6.07, 6.45) is 3.68. The molecule has 0 bridgehead atoms. The van der Waals surface area contributed by atoms with Crippen LogP contribution >= 0.6 is 11.8 Å². The van der Waals surface area contributed by atoms with E-state index in [1.807, 2.05) is 11.8 Å². The van der Waals surface area contributed by atoms with Gasteiger partial charge in [0.2, 0.25) is 0 Å². The Hall–Kier alpha value is -0.960. The molecule has 0 aliphatic carbocycles. The third kappa shape index (κ3) is 3.89. The van der Waals surface area contributed by atoms with Crippen LogP contribution in [0.25, 0.3) is 0 Å². The van der Waals surface area contributed by atoms with E-state index in [-0.39, 0.29) is 0 Å². The average Bonchev–Trinajstić information content (AvgIpc) is 2.37. The van der Waals surface area contributed by atoms with Gasteiger partial charge in [-0.05, 0) is 25.0 Å². The molecule has 1 aliphatic rings. The van der Waals surface area contributed by atoms with Gasteiger partial charge in [0.15, 0.2) is 0 Å². The Balaban J connectivity index is 1.63. The molecule has 1 aliphatic heterocycles. The van der Waals surface area contributed by atoms with E-state index in [0.29, 0.717) is 0 Å². The van der Waals surface area contributed by atoms with E-state index in [1.54, 1.807) is 0 Å². The second-order valence-corrected chi connectivity index (χ2v) is 5.04. The zero-order valence-corrected chi connectivity index (χ0v) is 10.3. The fourth-order valence-corrected chi connectivity index (χ4v) is 2.51. The topological polar surface area (TPSA) is 24.4 Å². The standard InChI is InChI=1S/C13H18N2S/c1-2-6-12(7-3-1)16-11-10-15-13-8-4-5-9-14-13/h1-3,6-7H,4-5,8-11H2,(H,14,15). The van der Waals surface area contributed by atoms with E-state index in [2.05, 4.69) is 40.6 Å². The van der Waals surface area contributed by atoms with E-state index in [1.165, 1.54) is 23.6 Å². The van der Waals surface area contributed by atoms with Gasteiger partial charge in [-0.3, -0.25) is 4.99 Å². The van der Waals surface area contributed by atoms with Crippen LogP contribution in [0, 0.1) is 0 Å². The quantitative estimate of drug-likeness (QED) is 0.640. The lowest BCUT2D eigenvalue weighted by atomic mass is 10.2. The van der Waals surface area contributed by atoms with Gasteiger partial charge in [-0.1, -0.05) is 18.2 Å². The van der Waals surface area contributed by atoms with Crippen molar-refractivity contribution in [2.24, 2.45) is 4.99 Å². The van der Waals surface area contributed by atoms with Crippen molar-refractivity contribution in [3.63, 3.8) is 0 Å². The largest absolute Gasteiger partial charge is 0.373 e. The van der Waals surface area contributed by atoms with Crippen LogP contribution in [-0.4, -0.2) is 24.7 Å². The fourth-order valence-electron chi connectivity index (χ4n) is 1.72. The maximum Gasteiger partial charge on any atom is 0.0963 e. The summed E-state index contributed by atoms with van der Waals surface area (Å²) in [7, 11) is 0. The molecule has 1 N–H and O–H groups in total. The third-order valence-electron chi connectivity index (χ3n) is 2.57. The van der Waals surface area contributed by atoms with Crippen LogP contribution < -0.4 is 5.32 Å². The highest BCUT2D eigenvalue weighted by Crippen LogP contribution is 2.15. The zero-order valence-electron chi connectivity index (χ0n) is 9.48. The molecular weight excluding hydrogens is 216 g/mol. The first-order chi connectivity index (χ1) is 7.95. The van der Waals surface area contributed by atoms with Gasteiger partial charge < -0.3 is 5.32 Å². The summed E-state index contributed by atoms with van der Waals surface area (Å²) in [5.41, 5.74) is 0. The van der Waals surface area contributed by atoms with Crippen LogP contribution in [0.1, 0.15) is 19.3 Å². The van der Waals surface area contributed by atoms with Gasteiger partial charge in [-0.2, -0.15) is 0 Å². The van der Waals surface area contributed by atoms with Crippen LogP contribution in [0.4, 0.5) is 0 Å². The number of aliphatic imine (C=N–C) groups is 1. The van der Waals surface area contributed by atoms with Gasteiger partial charge in [0, 0.05) is 30.2 Å².